The highest BCUT2D eigenvalue weighted by Crippen LogP contribution is 2.33. The zero-order valence-electron chi connectivity index (χ0n) is 36.5. The average Bonchev–Trinajstić information content (AvgIpc) is 3.97. The van der Waals surface area contributed by atoms with Crippen molar-refractivity contribution in [2.45, 2.75) is 65.5 Å². The number of rotatable bonds is 10. The van der Waals surface area contributed by atoms with Gasteiger partial charge in [0.25, 0.3) is 11.7 Å². The summed E-state index contributed by atoms with van der Waals surface area (Å²) in [6.07, 6.45) is 6.14. The molecular formula is C46H54N14O3. The molecule has 9 rings (SSSR count). The number of hydrogen-bond donors (Lipinski definition) is 3. The first-order valence-electron chi connectivity index (χ1n) is 21.8. The Balaban J connectivity index is 0.768. The molecule has 3 fully saturated rings. The highest BCUT2D eigenvalue weighted by molar-refractivity contribution is 6.05. The zero-order chi connectivity index (χ0) is 43.8. The number of carbonyl (C=O) groups excluding carboxylic acids is 3. The van der Waals surface area contributed by atoms with Crippen molar-refractivity contribution >= 4 is 46.1 Å². The van der Waals surface area contributed by atoms with Gasteiger partial charge in [0.15, 0.2) is 0 Å². The highest BCUT2D eigenvalue weighted by atomic mass is 16.2. The largest absolute Gasteiger partial charge is 0.372 e. The van der Waals surface area contributed by atoms with Crippen LogP contribution in [0.15, 0.2) is 73.2 Å². The highest BCUT2D eigenvalue weighted by Gasteiger charge is 2.27. The van der Waals surface area contributed by atoms with Crippen LogP contribution in [0.1, 0.15) is 74.7 Å². The van der Waals surface area contributed by atoms with Gasteiger partial charge in [0.2, 0.25) is 5.91 Å². The molecule has 63 heavy (non-hydrogen) atoms. The monoisotopic (exact) mass is 850 g/mol. The number of amides is 4. The van der Waals surface area contributed by atoms with Gasteiger partial charge in [-0.25, -0.2) is 19.7 Å². The van der Waals surface area contributed by atoms with Crippen LogP contribution in [-0.2, 0) is 10.3 Å². The second kappa shape index (κ2) is 17.2. The number of piperidine rings is 1. The Bertz CT molecular complexity index is 2620. The summed E-state index contributed by atoms with van der Waals surface area (Å²) in [6.45, 7) is 17.3. The van der Waals surface area contributed by atoms with Crippen LogP contribution in [0.2, 0.25) is 0 Å². The van der Waals surface area contributed by atoms with E-state index in [2.05, 4.69) is 92.1 Å². The van der Waals surface area contributed by atoms with E-state index in [0.29, 0.717) is 18.9 Å². The molecule has 3 aliphatic heterocycles. The van der Waals surface area contributed by atoms with Gasteiger partial charge in [-0.15, -0.1) is 10.2 Å². The third-order valence-corrected chi connectivity index (χ3v) is 12.5. The maximum atomic E-state index is 13.0. The van der Waals surface area contributed by atoms with Crippen LogP contribution in [0.5, 0.6) is 0 Å². The number of benzene rings is 2. The summed E-state index contributed by atoms with van der Waals surface area (Å²) < 4.78 is 0. The normalized spacial score (nSPS) is 17.3. The molecule has 4 amide bonds. The van der Waals surface area contributed by atoms with E-state index in [1.807, 2.05) is 65.1 Å². The van der Waals surface area contributed by atoms with E-state index in [0.717, 1.165) is 115 Å². The van der Waals surface area contributed by atoms with Crippen molar-refractivity contribution in [3.8, 4) is 22.5 Å². The smallest absolute Gasteiger partial charge is 0.328 e. The first-order valence-corrected chi connectivity index (χ1v) is 21.8. The van der Waals surface area contributed by atoms with Crippen molar-refractivity contribution in [1.82, 2.24) is 55.7 Å². The van der Waals surface area contributed by atoms with Gasteiger partial charge in [-0.05, 0) is 118 Å². The van der Waals surface area contributed by atoms with Gasteiger partial charge in [0.1, 0.15) is 17.8 Å². The lowest BCUT2D eigenvalue weighted by Gasteiger charge is -2.39. The molecule has 326 valence electrons. The average molecular weight is 851 g/mol. The standard InChI is InChI=1S/C46H54N14O3/c1-29-24-32(6-12-36(29)30(2)50-44(62)43-53-55-60(54-43)46(3,4)5)41-37-25-38(51-42(37)49-28-48-41)33-7-13-39(47-26-33)58-22-20-56(21-23-58)27-31-14-17-57(18-15-31)34-8-10-35(11-9-34)59-19-16-40(61)52-45(59)63/h6-13,24-26,28,30-31H,14-23,27H2,1-5H3,(H,50,62)(H,48,49,51)(H,52,61,63)/t30-/m1/s1. The Kier molecular flexibility index (Phi) is 11.4. The fraction of sp³-hybridized carbons (Fsp3) is 0.413. The molecule has 7 heterocycles. The number of pyridine rings is 1. The maximum Gasteiger partial charge on any atom is 0.328 e. The molecule has 3 saturated heterocycles. The number of hydrogen-bond acceptors (Lipinski definition) is 12. The van der Waals surface area contributed by atoms with Crippen LogP contribution < -0.4 is 25.3 Å². The van der Waals surface area contributed by atoms with E-state index >= 15 is 0 Å². The van der Waals surface area contributed by atoms with E-state index in [1.165, 1.54) is 10.5 Å². The lowest BCUT2D eigenvalue weighted by atomic mass is 9.95. The summed E-state index contributed by atoms with van der Waals surface area (Å²) in [5.41, 5.74) is 8.03. The summed E-state index contributed by atoms with van der Waals surface area (Å²) in [7, 11) is 0. The number of anilines is 3. The number of aromatic amines is 1. The SMILES string of the molecule is Cc1cc(-c2ncnc3[nH]c(-c4ccc(N5CCN(CC6CCN(c7ccc(N8CCC(=O)NC8=O)cc7)CC6)CC5)nc4)cc23)ccc1[C@@H](C)NC(=O)c1nnn(C(C)(C)C)n1. The molecule has 0 spiro atoms. The molecule has 0 bridgehead atoms. The number of piperazine rings is 1. The number of carbonyl (C=O) groups is 3. The molecule has 4 aromatic heterocycles. The third-order valence-electron chi connectivity index (χ3n) is 12.5. The van der Waals surface area contributed by atoms with E-state index in [1.54, 1.807) is 11.2 Å². The first kappa shape index (κ1) is 41.6. The van der Waals surface area contributed by atoms with Crippen LogP contribution >= 0.6 is 0 Å². The van der Waals surface area contributed by atoms with Crippen molar-refractivity contribution in [3.05, 3.63) is 90.1 Å². The molecule has 2 aromatic carbocycles. The van der Waals surface area contributed by atoms with Crippen molar-refractivity contribution in [2.24, 2.45) is 5.92 Å². The summed E-state index contributed by atoms with van der Waals surface area (Å²) in [4.78, 5) is 64.8. The molecule has 3 aliphatic rings. The van der Waals surface area contributed by atoms with Gasteiger partial charge in [0, 0.05) is 98.6 Å². The molecule has 6 aromatic rings. The molecular weight excluding hydrogens is 797 g/mol. The Morgan fingerprint density at radius 3 is 2.29 bits per heavy atom. The molecule has 1 atom stereocenters. The van der Waals surface area contributed by atoms with Crippen molar-refractivity contribution in [2.75, 3.05) is 67.1 Å². The predicted molar refractivity (Wildman–Crippen MR) is 242 cm³/mol. The quantitative estimate of drug-likeness (QED) is 0.153. The number of urea groups is 1. The van der Waals surface area contributed by atoms with E-state index in [9.17, 15) is 14.4 Å². The summed E-state index contributed by atoms with van der Waals surface area (Å²) in [6, 6.07) is 20.0. The van der Waals surface area contributed by atoms with E-state index in [-0.39, 0.29) is 35.3 Å². The summed E-state index contributed by atoms with van der Waals surface area (Å²) in [5.74, 6) is 1.09. The number of aryl methyl sites for hydroxylation is 1. The van der Waals surface area contributed by atoms with Gasteiger partial charge in [-0.3, -0.25) is 24.7 Å². The van der Waals surface area contributed by atoms with Gasteiger partial charge in [-0.2, -0.15) is 4.80 Å². The van der Waals surface area contributed by atoms with Crippen LogP contribution in [-0.4, -0.2) is 115 Å². The third kappa shape index (κ3) is 8.96. The molecule has 0 saturated carbocycles. The fourth-order valence-corrected chi connectivity index (χ4v) is 8.85. The lowest BCUT2D eigenvalue weighted by molar-refractivity contribution is -0.120. The number of imide groups is 1. The van der Waals surface area contributed by atoms with Crippen LogP contribution in [0.3, 0.4) is 0 Å². The molecule has 17 nitrogen and oxygen atoms in total. The van der Waals surface area contributed by atoms with Crippen molar-refractivity contribution in [3.63, 3.8) is 0 Å². The fourth-order valence-electron chi connectivity index (χ4n) is 8.85. The predicted octanol–water partition coefficient (Wildman–Crippen LogP) is 5.71. The second-order valence-electron chi connectivity index (χ2n) is 17.9. The molecule has 17 heteroatoms. The van der Waals surface area contributed by atoms with Crippen LogP contribution in [0.25, 0.3) is 33.5 Å². The minimum atomic E-state index is -0.376. The molecule has 3 N–H and O–H groups in total. The summed E-state index contributed by atoms with van der Waals surface area (Å²) >= 11 is 0. The van der Waals surface area contributed by atoms with Crippen molar-refractivity contribution < 1.29 is 14.4 Å². The topological polar surface area (TPSA) is 186 Å². The van der Waals surface area contributed by atoms with Crippen molar-refractivity contribution in [1.29, 1.82) is 0 Å². The Morgan fingerprint density at radius 1 is 0.857 bits per heavy atom. The number of aromatic nitrogens is 8. The van der Waals surface area contributed by atoms with Gasteiger partial charge < -0.3 is 20.1 Å². The van der Waals surface area contributed by atoms with E-state index < -0.39 is 0 Å². The zero-order valence-corrected chi connectivity index (χ0v) is 36.5. The minimum Gasteiger partial charge on any atom is -0.372 e. The first-order chi connectivity index (χ1) is 30.4. The van der Waals surface area contributed by atoms with Crippen LogP contribution in [0.4, 0.5) is 22.0 Å². The van der Waals surface area contributed by atoms with Gasteiger partial charge in [-0.1, -0.05) is 12.1 Å². The van der Waals surface area contributed by atoms with E-state index in [4.69, 9.17) is 4.98 Å². The maximum absolute atomic E-state index is 13.0. The number of tetrazole rings is 1. The molecule has 0 radical (unpaired) electrons. The molecule has 0 unspecified atom stereocenters. The Hall–Kier alpha value is -6.75. The molecule has 0 aliphatic carbocycles. The Labute approximate surface area is 366 Å². The second-order valence-corrected chi connectivity index (χ2v) is 17.9. The lowest BCUT2D eigenvalue weighted by Crippen LogP contribution is -2.49. The minimum absolute atomic E-state index is 0.0381. The van der Waals surface area contributed by atoms with Gasteiger partial charge in [0.05, 0.1) is 17.3 Å². The number of nitrogens with zero attached hydrogens (tertiary/aromatic N) is 11. The van der Waals surface area contributed by atoms with Crippen LogP contribution in [0, 0.1) is 12.8 Å². The number of fused-ring (bicyclic) bond motifs is 1. The Morgan fingerprint density at radius 2 is 1.60 bits per heavy atom. The summed E-state index contributed by atoms with van der Waals surface area (Å²) in [5, 5.41) is 18.6. The number of nitrogens with one attached hydrogen (secondary N) is 3. The number of H-pyrrole nitrogens is 1. The van der Waals surface area contributed by atoms with Gasteiger partial charge >= 0.3 is 6.03 Å².